The van der Waals surface area contributed by atoms with Crippen molar-refractivity contribution in [2.24, 2.45) is 0 Å². The van der Waals surface area contributed by atoms with Gasteiger partial charge in [-0.25, -0.2) is 9.78 Å². The van der Waals surface area contributed by atoms with E-state index in [0.717, 1.165) is 36.8 Å². The number of anilines is 1. The van der Waals surface area contributed by atoms with Gasteiger partial charge in [0.2, 0.25) is 0 Å². The smallest absolute Gasteiger partial charge is 0.331 e. The predicted octanol–water partition coefficient (Wildman–Crippen LogP) is 8.52. The molecule has 2 N–H and O–H groups in total. The number of nitrogens with one attached hydrogen (secondary N) is 1. The van der Waals surface area contributed by atoms with Gasteiger partial charge in [-0.3, -0.25) is 10.1 Å². The number of hydrogen-bond donors (Lipinski definition) is 2. The molecule has 1 heterocycles. The molecule has 0 aliphatic carbocycles. The van der Waals surface area contributed by atoms with E-state index in [2.05, 4.69) is 17.2 Å². The second-order valence-electron chi connectivity index (χ2n) is 8.85. The lowest BCUT2D eigenvalue weighted by Crippen LogP contribution is -2.12. The van der Waals surface area contributed by atoms with E-state index in [0.29, 0.717) is 28.7 Å². The van der Waals surface area contributed by atoms with Crippen LogP contribution in [0, 0.1) is 0 Å². The Morgan fingerprint density at radius 1 is 1.18 bits per heavy atom. The molecule has 0 bridgehead atoms. The number of nitrogens with zero attached hydrogens (tertiary/aromatic N) is 1. The third-order valence-electron chi connectivity index (χ3n) is 6.07. The highest BCUT2D eigenvalue weighted by molar-refractivity contribution is 7.14. The van der Waals surface area contributed by atoms with Crippen molar-refractivity contribution in [1.82, 2.24) is 4.98 Å². The number of thiazole rings is 1. The molecule has 0 spiro atoms. The van der Waals surface area contributed by atoms with E-state index in [9.17, 15) is 9.59 Å². The number of para-hydroxylation sites is 1. The number of aliphatic carboxylic acids is 1. The van der Waals surface area contributed by atoms with Gasteiger partial charge >= 0.3 is 5.97 Å². The minimum absolute atomic E-state index is 0.0688. The minimum atomic E-state index is -1.09. The van der Waals surface area contributed by atoms with Crippen molar-refractivity contribution in [2.75, 3.05) is 19.0 Å². The molecule has 39 heavy (non-hydrogen) atoms. The number of hydrogen-bond acceptors (Lipinski definition) is 6. The van der Waals surface area contributed by atoms with Gasteiger partial charge in [-0.05, 0) is 44.5 Å². The highest BCUT2D eigenvalue weighted by Gasteiger charge is 2.21. The van der Waals surface area contributed by atoms with E-state index in [1.165, 1.54) is 36.5 Å². The molecule has 10 heteroatoms. The molecule has 0 aliphatic heterocycles. The molecular formula is C29H32Cl2N2O5S. The monoisotopic (exact) mass is 590 g/mol. The molecule has 1 amide bonds. The number of carbonyl (C=O) groups is 2. The summed E-state index contributed by atoms with van der Waals surface area (Å²) < 4.78 is 11.9. The lowest BCUT2D eigenvalue weighted by molar-refractivity contribution is -0.132. The van der Waals surface area contributed by atoms with Gasteiger partial charge in [-0.2, -0.15) is 0 Å². The van der Waals surface area contributed by atoms with Gasteiger partial charge < -0.3 is 14.6 Å². The topological polar surface area (TPSA) is 97.8 Å². The summed E-state index contributed by atoms with van der Waals surface area (Å²) in [6.45, 7) is 6.19. The zero-order chi connectivity index (χ0) is 28.5. The number of ether oxygens (including phenoxy) is 2. The molecule has 1 unspecified atom stereocenters. The fraction of sp³-hybridized carbons (Fsp3) is 0.345. The van der Waals surface area contributed by atoms with Gasteiger partial charge in [0.05, 0.1) is 29.0 Å². The van der Waals surface area contributed by atoms with Crippen LogP contribution in [0.15, 0.2) is 41.3 Å². The average Bonchev–Trinajstić information content (AvgIpc) is 3.37. The summed E-state index contributed by atoms with van der Waals surface area (Å²) in [5, 5.41) is 14.5. The summed E-state index contributed by atoms with van der Waals surface area (Å²) in [6.07, 6.45) is 5.51. The highest BCUT2D eigenvalue weighted by atomic mass is 35.5. The Hall–Kier alpha value is -2.91. The summed E-state index contributed by atoms with van der Waals surface area (Å²) in [7, 11) is 1.64. The molecule has 0 aliphatic rings. The van der Waals surface area contributed by atoms with Gasteiger partial charge in [-0.15, -0.1) is 11.3 Å². The summed E-state index contributed by atoms with van der Waals surface area (Å²) in [5.74, 6) is -0.830. The number of methoxy groups -OCH3 is 1. The summed E-state index contributed by atoms with van der Waals surface area (Å²) in [5.41, 5.74) is 3.07. The van der Waals surface area contributed by atoms with Crippen LogP contribution in [-0.4, -0.2) is 35.7 Å². The maximum absolute atomic E-state index is 13.0. The van der Waals surface area contributed by atoms with Crippen molar-refractivity contribution in [3.8, 4) is 17.0 Å². The van der Waals surface area contributed by atoms with Gasteiger partial charge in [0, 0.05) is 39.8 Å². The molecule has 1 atom stereocenters. The van der Waals surface area contributed by atoms with E-state index in [4.69, 9.17) is 37.8 Å². The van der Waals surface area contributed by atoms with Crippen LogP contribution < -0.4 is 10.1 Å². The molecule has 0 radical (unpaired) electrons. The number of amides is 1. The number of halogens is 2. The first-order valence-electron chi connectivity index (χ1n) is 12.7. The Morgan fingerprint density at radius 3 is 2.51 bits per heavy atom. The van der Waals surface area contributed by atoms with Crippen molar-refractivity contribution >= 4 is 57.6 Å². The summed E-state index contributed by atoms with van der Waals surface area (Å²) in [6, 6.07) is 8.80. The Labute approximate surface area is 242 Å². The molecule has 0 saturated carbocycles. The standard InChI is InChI=1S/C29H32Cl2N2O5S/c1-5-7-8-12-25(38-6-2)20-11-9-10-19(26(20)37-4)24-16-39-29(32-24)33-27(34)18-14-22(30)21(23(31)15-18)13-17(3)28(35)36/h9-11,13-16,25H,5-8,12H2,1-4H3,(H,35,36)(H,32,33,34)/b17-13+. The van der Waals surface area contributed by atoms with Crippen molar-refractivity contribution in [3.05, 3.63) is 68.0 Å². The second-order valence-corrected chi connectivity index (χ2v) is 10.5. The Kier molecular flexibility index (Phi) is 11.4. The number of benzene rings is 2. The maximum Gasteiger partial charge on any atom is 0.331 e. The van der Waals surface area contributed by atoms with Crippen LogP contribution in [0.3, 0.4) is 0 Å². The zero-order valence-corrected chi connectivity index (χ0v) is 24.7. The molecule has 3 rings (SSSR count). The molecule has 1 aromatic heterocycles. The van der Waals surface area contributed by atoms with Crippen LogP contribution in [0.2, 0.25) is 10.0 Å². The second kappa shape index (κ2) is 14.5. The third kappa shape index (κ3) is 7.82. The summed E-state index contributed by atoms with van der Waals surface area (Å²) in [4.78, 5) is 28.7. The number of carboxylic acid groups (broad SMARTS) is 1. The van der Waals surface area contributed by atoms with E-state index in [-0.39, 0.29) is 27.3 Å². The molecule has 208 valence electrons. The number of unbranched alkanes of at least 4 members (excludes halogenated alkanes) is 2. The normalized spacial score (nSPS) is 12.3. The first-order chi connectivity index (χ1) is 18.7. The largest absolute Gasteiger partial charge is 0.496 e. The van der Waals surface area contributed by atoms with Crippen molar-refractivity contribution in [3.63, 3.8) is 0 Å². The minimum Gasteiger partial charge on any atom is -0.496 e. The van der Waals surface area contributed by atoms with Crippen LogP contribution in [0.25, 0.3) is 17.3 Å². The number of aromatic nitrogens is 1. The number of carboxylic acids is 1. The van der Waals surface area contributed by atoms with Crippen molar-refractivity contribution in [2.45, 2.75) is 52.6 Å². The van der Waals surface area contributed by atoms with Crippen LogP contribution in [0.4, 0.5) is 5.13 Å². The van der Waals surface area contributed by atoms with Crippen LogP contribution >= 0.6 is 34.5 Å². The lowest BCUT2D eigenvalue weighted by Gasteiger charge is -2.21. The van der Waals surface area contributed by atoms with E-state index < -0.39 is 11.9 Å². The molecule has 7 nitrogen and oxygen atoms in total. The Bertz CT molecular complexity index is 1330. The van der Waals surface area contributed by atoms with Gasteiger partial charge in [0.1, 0.15) is 5.75 Å². The summed E-state index contributed by atoms with van der Waals surface area (Å²) >= 11 is 13.9. The fourth-order valence-corrected chi connectivity index (χ4v) is 5.40. The molecular weight excluding hydrogens is 559 g/mol. The average molecular weight is 592 g/mol. The van der Waals surface area contributed by atoms with E-state index in [1.807, 2.05) is 30.5 Å². The Morgan fingerprint density at radius 2 is 1.90 bits per heavy atom. The quantitative estimate of drug-likeness (QED) is 0.153. The molecule has 0 saturated heterocycles. The van der Waals surface area contributed by atoms with Gasteiger partial charge in [-0.1, -0.05) is 61.5 Å². The van der Waals surface area contributed by atoms with Crippen LogP contribution in [-0.2, 0) is 9.53 Å². The van der Waals surface area contributed by atoms with Crippen molar-refractivity contribution < 1.29 is 24.2 Å². The first kappa shape index (κ1) is 30.6. The van der Waals surface area contributed by atoms with Crippen LogP contribution in [0.1, 0.15) is 74.0 Å². The Balaban J connectivity index is 1.85. The predicted molar refractivity (Wildman–Crippen MR) is 158 cm³/mol. The van der Waals surface area contributed by atoms with Crippen LogP contribution in [0.5, 0.6) is 5.75 Å². The maximum atomic E-state index is 13.0. The molecule has 3 aromatic rings. The van der Waals surface area contributed by atoms with Crippen molar-refractivity contribution in [1.29, 1.82) is 0 Å². The third-order valence-corrected chi connectivity index (χ3v) is 7.46. The van der Waals surface area contributed by atoms with E-state index >= 15 is 0 Å². The SMILES string of the molecule is CCCCCC(OCC)c1cccc(-c2csc(NC(=O)c3cc(Cl)c(/C=C(\C)C(=O)O)c(Cl)c3)n2)c1OC. The van der Waals surface area contributed by atoms with Gasteiger partial charge in [0.25, 0.3) is 5.91 Å². The molecule has 2 aromatic carbocycles. The number of rotatable bonds is 13. The first-order valence-corrected chi connectivity index (χ1v) is 14.3. The van der Waals surface area contributed by atoms with Gasteiger partial charge in [0.15, 0.2) is 5.13 Å². The number of carbonyl (C=O) groups excluding carboxylic acids is 1. The molecule has 0 fully saturated rings. The van der Waals surface area contributed by atoms with E-state index in [1.54, 1.807) is 7.11 Å². The zero-order valence-electron chi connectivity index (χ0n) is 22.3. The fourth-order valence-electron chi connectivity index (χ4n) is 4.10. The highest BCUT2D eigenvalue weighted by Crippen LogP contribution is 2.40. The lowest BCUT2D eigenvalue weighted by atomic mass is 9.98.